The van der Waals surface area contributed by atoms with Crippen molar-refractivity contribution >= 4 is 11.3 Å². The van der Waals surface area contributed by atoms with Gasteiger partial charge in [0, 0.05) is 17.8 Å². The summed E-state index contributed by atoms with van der Waals surface area (Å²) in [6.45, 7) is 4.84. The molecule has 5 heteroatoms. The first-order valence-corrected chi connectivity index (χ1v) is 6.88. The average molecular weight is 250 g/mol. The molecule has 0 aliphatic rings. The Morgan fingerprint density at radius 2 is 2.41 bits per heavy atom. The van der Waals surface area contributed by atoms with E-state index in [1.54, 1.807) is 11.3 Å². The van der Waals surface area contributed by atoms with Crippen molar-refractivity contribution in [3.63, 3.8) is 0 Å². The zero-order valence-corrected chi connectivity index (χ0v) is 10.9. The van der Waals surface area contributed by atoms with Crippen LogP contribution >= 0.6 is 11.3 Å². The number of aryl methyl sites for hydroxylation is 2. The van der Waals surface area contributed by atoms with Crippen molar-refractivity contribution in [2.75, 3.05) is 6.54 Å². The third kappa shape index (κ3) is 3.94. The van der Waals surface area contributed by atoms with Gasteiger partial charge in [-0.3, -0.25) is 4.68 Å². The zero-order chi connectivity index (χ0) is 11.9. The highest BCUT2D eigenvalue weighted by atomic mass is 32.1. The van der Waals surface area contributed by atoms with Crippen LogP contribution in [0.2, 0.25) is 0 Å². The molecular weight excluding hydrogens is 232 g/mol. The Morgan fingerprint density at radius 1 is 1.47 bits per heavy atom. The van der Waals surface area contributed by atoms with E-state index in [0.717, 1.165) is 38.3 Å². The lowest BCUT2D eigenvalue weighted by molar-refractivity contribution is 0.592. The second kappa shape index (κ2) is 6.51. The van der Waals surface area contributed by atoms with E-state index in [0.29, 0.717) is 0 Å². The molecule has 0 radical (unpaired) electrons. The lowest BCUT2D eigenvalue weighted by atomic mass is 10.3. The molecular formula is C12H18N4S. The molecule has 17 heavy (non-hydrogen) atoms. The van der Waals surface area contributed by atoms with E-state index < -0.39 is 0 Å². The van der Waals surface area contributed by atoms with E-state index in [2.05, 4.69) is 39.8 Å². The predicted octanol–water partition coefficient (Wildman–Crippen LogP) is 2.08. The SMILES string of the molecule is CCCNCc1ncn(CCc2cccs2)n1. The molecule has 2 aromatic heterocycles. The van der Waals surface area contributed by atoms with Crippen LogP contribution in [0.3, 0.4) is 0 Å². The van der Waals surface area contributed by atoms with Gasteiger partial charge in [-0.15, -0.1) is 11.3 Å². The van der Waals surface area contributed by atoms with Gasteiger partial charge in [0.1, 0.15) is 6.33 Å². The number of hydrogen-bond acceptors (Lipinski definition) is 4. The molecule has 0 unspecified atom stereocenters. The monoisotopic (exact) mass is 250 g/mol. The molecule has 0 aliphatic carbocycles. The van der Waals surface area contributed by atoms with E-state index in [1.165, 1.54) is 4.88 Å². The lowest BCUT2D eigenvalue weighted by Crippen LogP contribution is -2.15. The first kappa shape index (κ1) is 12.3. The second-order valence-corrected chi connectivity index (χ2v) is 4.96. The highest BCUT2D eigenvalue weighted by Crippen LogP contribution is 2.09. The van der Waals surface area contributed by atoms with Gasteiger partial charge in [-0.2, -0.15) is 5.10 Å². The molecule has 4 nitrogen and oxygen atoms in total. The fraction of sp³-hybridized carbons (Fsp3) is 0.500. The van der Waals surface area contributed by atoms with Crippen LogP contribution in [0, 0.1) is 0 Å². The van der Waals surface area contributed by atoms with Gasteiger partial charge >= 0.3 is 0 Å². The van der Waals surface area contributed by atoms with Gasteiger partial charge in [-0.05, 0) is 24.4 Å². The summed E-state index contributed by atoms with van der Waals surface area (Å²) in [7, 11) is 0. The first-order chi connectivity index (χ1) is 8.38. The van der Waals surface area contributed by atoms with Crippen molar-refractivity contribution in [3.8, 4) is 0 Å². The maximum absolute atomic E-state index is 4.43. The van der Waals surface area contributed by atoms with E-state index in [4.69, 9.17) is 0 Å². The number of thiophene rings is 1. The third-order valence-electron chi connectivity index (χ3n) is 2.46. The van der Waals surface area contributed by atoms with E-state index in [1.807, 2.05) is 11.0 Å². The van der Waals surface area contributed by atoms with Crippen LogP contribution in [-0.2, 0) is 19.5 Å². The van der Waals surface area contributed by atoms with Gasteiger partial charge in [0.15, 0.2) is 5.82 Å². The summed E-state index contributed by atoms with van der Waals surface area (Å²) in [5.41, 5.74) is 0. The van der Waals surface area contributed by atoms with Crippen molar-refractivity contribution < 1.29 is 0 Å². The standard InChI is InChI=1S/C12H18N4S/c1-2-6-13-9-12-14-10-16(15-12)7-5-11-4-3-8-17-11/h3-4,8,10,13H,2,5-7,9H2,1H3. The Bertz CT molecular complexity index is 421. The molecule has 1 N–H and O–H groups in total. The van der Waals surface area contributed by atoms with Crippen molar-refractivity contribution in [1.82, 2.24) is 20.1 Å². The van der Waals surface area contributed by atoms with Crippen LogP contribution in [-0.4, -0.2) is 21.3 Å². The summed E-state index contributed by atoms with van der Waals surface area (Å²) < 4.78 is 1.92. The van der Waals surface area contributed by atoms with Crippen LogP contribution < -0.4 is 5.32 Å². The molecule has 0 aliphatic heterocycles. The van der Waals surface area contributed by atoms with Gasteiger partial charge < -0.3 is 5.32 Å². The summed E-state index contributed by atoms with van der Waals surface area (Å²) in [5.74, 6) is 0.879. The Balaban J connectivity index is 1.77. The molecule has 0 bridgehead atoms. The quantitative estimate of drug-likeness (QED) is 0.765. The van der Waals surface area contributed by atoms with Gasteiger partial charge in [-0.25, -0.2) is 4.98 Å². The summed E-state index contributed by atoms with van der Waals surface area (Å²) in [5, 5.41) is 9.84. The normalized spacial score (nSPS) is 10.9. The molecule has 0 atom stereocenters. The minimum Gasteiger partial charge on any atom is -0.310 e. The van der Waals surface area contributed by atoms with E-state index >= 15 is 0 Å². The smallest absolute Gasteiger partial charge is 0.164 e. The predicted molar refractivity (Wildman–Crippen MR) is 70.0 cm³/mol. The molecule has 0 saturated heterocycles. The fourth-order valence-electron chi connectivity index (χ4n) is 1.58. The second-order valence-electron chi connectivity index (χ2n) is 3.93. The number of rotatable bonds is 7. The highest BCUT2D eigenvalue weighted by Gasteiger charge is 2.01. The largest absolute Gasteiger partial charge is 0.310 e. The van der Waals surface area contributed by atoms with Crippen molar-refractivity contribution in [3.05, 3.63) is 34.5 Å². The van der Waals surface area contributed by atoms with Crippen LogP contribution in [0.15, 0.2) is 23.8 Å². The number of nitrogens with one attached hydrogen (secondary N) is 1. The summed E-state index contributed by atoms with van der Waals surface area (Å²) in [6, 6.07) is 4.24. The summed E-state index contributed by atoms with van der Waals surface area (Å²) in [4.78, 5) is 5.68. The van der Waals surface area contributed by atoms with Crippen LogP contribution in [0.4, 0.5) is 0 Å². The minimum atomic E-state index is 0.764. The minimum absolute atomic E-state index is 0.764. The molecule has 0 aromatic carbocycles. The fourth-order valence-corrected chi connectivity index (χ4v) is 2.28. The molecule has 2 heterocycles. The zero-order valence-electron chi connectivity index (χ0n) is 10.1. The average Bonchev–Trinajstić information content (AvgIpc) is 2.98. The molecule has 2 aromatic rings. The maximum Gasteiger partial charge on any atom is 0.164 e. The molecule has 0 fully saturated rings. The van der Waals surface area contributed by atoms with E-state index in [-0.39, 0.29) is 0 Å². The van der Waals surface area contributed by atoms with Gasteiger partial charge in [0.05, 0.1) is 6.54 Å². The van der Waals surface area contributed by atoms with Gasteiger partial charge in [0.2, 0.25) is 0 Å². The van der Waals surface area contributed by atoms with Gasteiger partial charge in [-0.1, -0.05) is 13.0 Å². The van der Waals surface area contributed by atoms with Crippen molar-refractivity contribution in [2.24, 2.45) is 0 Å². The summed E-state index contributed by atoms with van der Waals surface area (Å²) >= 11 is 1.79. The number of hydrogen-bond donors (Lipinski definition) is 1. The maximum atomic E-state index is 4.43. The Hall–Kier alpha value is -1.20. The van der Waals surface area contributed by atoms with Crippen LogP contribution in [0.1, 0.15) is 24.0 Å². The number of nitrogens with zero attached hydrogens (tertiary/aromatic N) is 3. The Labute approximate surface area is 106 Å². The molecule has 92 valence electrons. The molecule has 0 amide bonds. The Morgan fingerprint density at radius 3 is 3.18 bits per heavy atom. The lowest BCUT2D eigenvalue weighted by Gasteiger charge is -1.99. The highest BCUT2D eigenvalue weighted by molar-refractivity contribution is 7.09. The first-order valence-electron chi connectivity index (χ1n) is 6.00. The topological polar surface area (TPSA) is 42.7 Å². The molecule has 0 saturated carbocycles. The van der Waals surface area contributed by atoms with E-state index in [9.17, 15) is 0 Å². The van der Waals surface area contributed by atoms with Crippen molar-refractivity contribution in [2.45, 2.75) is 32.9 Å². The van der Waals surface area contributed by atoms with Crippen LogP contribution in [0.5, 0.6) is 0 Å². The molecule has 2 rings (SSSR count). The molecule has 0 spiro atoms. The Kier molecular flexibility index (Phi) is 4.70. The number of aromatic nitrogens is 3. The van der Waals surface area contributed by atoms with Gasteiger partial charge in [0.25, 0.3) is 0 Å². The van der Waals surface area contributed by atoms with Crippen LogP contribution in [0.25, 0.3) is 0 Å². The van der Waals surface area contributed by atoms with Crippen molar-refractivity contribution in [1.29, 1.82) is 0 Å². The third-order valence-corrected chi connectivity index (χ3v) is 3.40. The summed E-state index contributed by atoms with van der Waals surface area (Å²) in [6.07, 6.45) is 3.98.